The van der Waals surface area contributed by atoms with E-state index in [9.17, 15) is 9.18 Å². The quantitative estimate of drug-likeness (QED) is 0.445. The smallest absolute Gasteiger partial charge is 0.275 e. The lowest BCUT2D eigenvalue weighted by Crippen LogP contribution is -2.15. The highest BCUT2D eigenvalue weighted by Gasteiger charge is 2.11. The van der Waals surface area contributed by atoms with E-state index in [2.05, 4.69) is 25.6 Å². The molecule has 1 aromatic carbocycles. The van der Waals surface area contributed by atoms with Gasteiger partial charge >= 0.3 is 0 Å². The summed E-state index contributed by atoms with van der Waals surface area (Å²) in [6.07, 6.45) is 6.28. The zero-order valence-corrected chi connectivity index (χ0v) is 17.1. The number of hydrogen-bond acceptors (Lipinski definition) is 8. The van der Waals surface area contributed by atoms with Crippen molar-refractivity contribution in [2.24, 2.45) is 0 Å². The molecule has 2 heterocycles. The maximum absolute atomic E-state index is 14.2. The zero-order valence-electron chi connectivity index (χ0n) is 16.3. The van der Waals surface area contributed by atoms with Gasteiger partial charge in [-0.25, -0.2) is 19.3 Å². The number of nitrogen functional groups attached to an aromatic ring is 1. The number of aromatic nitrogens is 3. The van der Waals surface area contributed by atoms with Gasteiger partial charge in [-0.1, -0.05) is 0 Å². The van der Waals surface area contributed by atoms with Gasteiger partial charge in [0.05, 0.1) is 24.7 Å². The molecule has 156 valence electrons. The van der Waals surface area contributed by atoms with E-state index in [4.69, 9.17) is 10.5 Å². The molecule has 0 saturated carbocycles. The number of thioether (sulfide) groups is 1. The largest absolute Gasteiger partial charge is 0.476 e. The van der Waals surface area contributed by atoms with Crippen LogP contribution < -0.4 is 21.1 Å². The Hall–Kier alpha value is -3.40. The third-order valence-corrected chi connectivity index (χ3v) is 4.58. The van der Waals surface area contributed by atoms with E-state index in [1.54, 1.807) is 36.2 Å². The highest BCUT2D eigenvalue weighted by molar-refractivity contribution is 7.98. The van der Waals surface area contributed by atoms with Crippen LogP contribution in [0.15, 0.2) is 48.9 Å². The Morgan fingerprint density at radius 1 is 1.23 bits per heavy atom. The average molecular weight is 428 g/mol. The SMILES string of the molecule is CSCCOc1cnc(C(=O)Nc2ccc(F)c(CNc3cccnc3N)c2)cn1. The van der Waals surface area contributed by atoms with Gasteiger partial charge in [0.1, 0.15) is 17.3 Å². The summed E-state index contributed by atoms with van der Waals surface area (Å²) >= 11 is 1.66. The first-order valence-electron chi connectivity index (χ1n) is 9.04. The van der Waals surface area contributed by atoms with Crippen LogP contribution in [0.4, 0.5) is 21.6 Å². The molecule has 0 aliphatic carbocycles. The minimum atomic E-state index is -0.458. The van der Waals surface area contributed by atoms with E-state index in [1.165, 1.54) is 24.5 Å². The van der Waals surface area contributed by atoms with E-state index in [0.29, 0.717) is 35.2 Å². The van der Waals surface area contributed by atoms with Crippen LogP contribution in [0.3, 0.4) is 0 Å². The van der Waals surface area contributed by atoms with Crippen molar-refractivity contribution >= 4 is 34.9 Å². The summed E-state index contributed by atoms with van der Waals surface area (Å²) in [5.74, 6) is 0.640. The van der Waals surface area contributed by atoms with Gasteiger partial charge in [0.2, 0.25) is 5.88 Å². The van der Waals surface area contributed by atoms with Crippen molar-refractivity contribution in [2.75, 3.05) is 35.0 Å². The van der Waals surface area contributed by atoms with Crippen molar-refractivity contribution in [2.45, 2.75) is 6.54 Å². The lowest BCUT2D eigenvalue weighted by Gasteiger charge is -2.11. The number of nitrogens with two attached hydrogens (primary N) is 1. The molecular formula is C20H21FN6O2S. The highest BCUT2D eigenvalue weighted by atomic mass is 32.2. The fraction of sp³-hybridized carbons (Fsp3) is 0.200. The van der Waals surface area contributed by atoms with Crippen LogP contribution in [0.2, 0.25) is 0 Å². The van der Waals surface area contributed by atoms with E-state index < -0.39 is 11.7 Å². The van der Waals surface area contributed by atoms with Crippen LogP contribution in [0.5, 0.6) is 5.88 Å². The number of rotatable bonds is 9. The fourth-order valence-electron chi connectivity index (χ4n) is 2.48. The molecule has 2 aromatic heterocycles. The maximum Gasteiger partial charge on any atom is 0.275 e. The lowest BCUT2D eigenvalue weighted by atomic mass is 10.1. The lowest BCUT2D eigenvalue weighted by molar-refractivity contribution is 0.102. The van der Waals surface area contributed by atoms with Gasteiger partial charge in [-0.05, 0) is 36.6 Å². The summed E-state index contributed by atoms with van der Waals surface area (Å²) < 4.78 is 19.6. The third kappa shape index (κ3) is 5.80. The molecule has 0 bridgehead atoms. The molecular weight excluding hydrogens is 407 g/mol. The average Bonchev–Trinajstić information content (AvgIpc) is 2.75. The van der Waals surface area contributed by atoms with E-state index in [0.717, 1.165) is 5.75 Å². The van der Waals surface area contributed by atoms with E-state index in [1.807, 2.05) is 6.26 Å². The Bertz CT molecular complexity index is 1000. The van der Waals surface area contributed by atoms with Crippen molar-refractivity contribution in [3.05, 3.63) is 66.0 Å². The molecule has 30 heavy (non-hydrogen) atoms. The zero-order chi connectivity index (χ0) is 21.3. The molecule has 0 aliphatic heterocycles. The second-order valence-corrected chi connectivity index (χ2v) is 7.12. The minimum absolute atomic E-state index is 0.124. The van der Waals surface area contributed by atoms with E-state index >= 15 is 0 Å². The first-order valence-corrected chi connectivity index (χ1v) is 10.4. The number of carbonyl (C=O) groups is 1. The molecule has 4 N–H and O–H groups in total. The number of nitrogens with one attached hydrogen (secondary N) is 2. The molecule has 0 unspecified atom stereocenters. The molecule has 10 heteroatoms. The second kappa shape index (κ2) is 10.4. The summed E-state index contributed by atoms with van der Waals surface area (Å²) in [4.78, 5) is 24.5. The first kappa shape index (κ1) is 21.3. The van der Waals surface area contributed by atoms with Crippen molar-refractivity contribution in [1.29, 1.82) is 0 Å². The molecule has 0 fully saturated rings. The molecule has 0 aliphatic rings. The molecule has 3 rings (SSSR count). The number of benzene rings is 1. The molecule has 0 saturated heterocycles. The summed E-state index contributed by atoms with van der Waals surface area (Å²) in [6, 6.07) is 7.78. The molecule has 1 amide bonds. The summed E-state index contributed by atoms with van der Waals surface area (Å²) in [5, 5.41) is 5.72. The van der Waals surface area contributed by atoms with Crippen LogP contribution in [-0.2, 0) is 6.54 Å². The van der Waals surface area contributed by atoms with Crippen molar-refractivity contribution in [1.82, 2.24) is 15.0 Å². The van der Waals surface area contributed by atoms with Crippen LogP contribution in [-0.4, -0.2) is 39.5 Å². The van der Waals surface area contributed by atoms with Gasteiger partial charge < -0.3 is 21.1 Å². The predicted octanol–water partition coefficient (Wildman–Crippen LogP) is 3.20. The third-order valence-electron chi connectivity index (χ3n) is 4.01. The molecule has 8 nitrogen and oxygen atoms in total. The molecule has 0 atom stereocenters. The highest BCUT2D eigenvalue weighted by Crippen LogP contribution is 2.19. The van der Waals surface area contributed by atoms with Crippen molar-refractivity contribution < 1.29 is 13.9 Å². The Kier molecular flexibility index (Phi) is 7.39. The topological polar surface area (TPSA) is 115 Å². The predicted molar refractivity (Wildman–Crippen MR) is 116 cm³/mol. The van der Waals surface area contributed by atoms with Gasteiger partial charge in [-0.2, -0.15) is 11.8 Å². The summed E-state index contributed by atoms with van der Waals surface area (Å²) in [7, 11) is 0. The van der Waals surface area contributed by atoms with Crippen molar-refractivity contribution in [3.8, 4) is 5.88 Å². The second-order valence-electron chi connectivity index (χ2n) is 6.13. The van der Waals surface area contributed by atoms with Gasteiger partial charge in [0, 0.05) is 29.7 Å². The number of nitrogens with zero attached hydrogens (tertiary/aromatic N) is 3. The normalized spacial score (nSPS) is 10.5. The Morgan fingerprint density at radius 3 is 2.83 bits per heavy atom. The number of carbonyl (C=O) groups excluding carboxylic acids is 1. The monoisotopic (exact) mass is 428 g/mol. The molecule has 0 radical (unpaired) electrons. The number of ether oxygens (including phenoxy) is 1. The number of pyridine rings is 1. The van der Waals surface area contributed by atoms with Gasteiger partial charge in [0.15, 0.2) is 0 Å². The molecule has 3 aromatic rings. The minimum Gasteiger partial charge on any atom is -0.476 e. The maximum atomic E-state index is 14.2. The van der Waals surface area contributed by atoms with Crippen LogP contribution >= 0.6 is 11.8 Å². The fourth-order valence-corrected chi connectivity index (χ4v) is 2.73. The van der Waals surface area contributed by atoms with Crippen LogP contribution in [0.1, 0.15) is 16.1 Å². The van der Waals surface area contributed by atoms with Crippen molar-refractivity contribution in [3.63, 3.8) is 0 Å². The summed E-state index contributed by atoms with van der Waals surface area (Å²) in [5.41, 5.74) is 7.29. The number of hydrogen-bond donors (Lipinski definition) is 3. The molecule has 0 spiro atoms. The van der Waals surface area contributed by atoms with Gasteiger partial charge in [-0.15, -0.1) is 0 Å². The number of anilines is 3. The number of amides is 1. The standard InChI is InChI=1S/C20H21FN6O2S/c1-30-8-7-29-18-12-25-17(11-26-18)20(28)27-14-4-5-15(21)13(9-14)10-24-16-3-2-6-23-19(16)22/h2-6,9,11-12,24H,7-8,10H2,1H3,(H2,22,23)(H,27,28). The van der Waals surface area contributed by atoms with Crippen LogP contribution in [0, 0.1) is 5.82 Å². The Balaban J connectivity index is 1.63. The van der Waals surface area contributed by atoms with Gasteiger partial charge in [0.25, 0.3) is 5.91 Å². The van der Waals surface area contributed by atoms with E-state index in [-0.39, 0.29) is 12.2 Å². The Morgan fingerprint density at radius 2 is 2.10 bits per heavy atom. The Labute approximate surface area is 177 Å². The summed E-state index contributed by atoms with van der Waals surface area (Å²) in [6.45, 7) is 0.686. The first-order chi connectivity index (χ1) is 14.6. The van der Waals surface area contributed by atoms with Gasteiger partial charge in [-0.3, -0.25) is 4.79 Å². The number of halogens is 1. The van der Waals surface area contributed by atoms with Crippen LogP contribution in [0.25, 0.3) is 0 Å².